The molecule has 2 nitrogen and oxygen atoms in total. The molecular formula is C14H28N2. The highest BCUT2D eigenvalue weighted by Crippen LogP contribution is 2.34. The van der Waals surface area contributed by atoms with E-state index in [0.29, 0.717) is 0 Å². The molecule has 16 heavy (non-hydrogen) atoms. The molecule has 1 aliphatic carbocycles. The Labute approximate surface area is 101 Å². The van der Waals surface area contributed by atoms with Crippen LogP contribution in [0.25, 0.3) is 0 Å². The summed E-state index contributed by atoms with van der Waals surface area (Å²) in [5.74, 6) is 1.01. The van der Waals surface area contributed by atoms with Crippen LogP contribution >= 0.6 is 0 Å². The molecule has 1 heterocycles. The molecule has 94 valence electrons. The lowest BCUT2D eigenvalue weighted by Gasteiger charge is -2.26. The standard InChI is InChI=1S/C14H28N2/c1-3-6-14(12-8-9-12)15-11-13-7-5-10-16(13)4-2/h12-15H,3-11H2,1-2H3. The van der Waals surface area contributed by atoms with Gasteiger partial charge in [-0.05, 0) is 51.1 Å². The minimum atomic E-state index is 0.822. The van der Waals surface area contributed by atoms with Gasteiger partial charge in [-0.3, -0.25) is 4.90 Å². The molecule has 0 radical (unpaired) electrons. The first-order chi connectivity index (χ1) is 7.85. The fourth-order valence-corrected chi connectivity index (χ4v) is 3.14. The van der Waals surface area contributed by atoms with Gasteiger partial charge >= 0.3 is 0 Å². The van der Waals surface area contributed by atoms with Gasteiger partial charge in [-0.25, -0.2) is 0 Å². The van der Waals surface area contributed by atoms with E-state index in [9.17, 15) is 0 Å². The van der Waals surface area contributed by atoms with Gasteiger partial charge in [0.05, 0.1) is 0 Å². The molecule has 0 spiro atoms. The van der Waals surface area contributed by atoms with Gasteiger partial charge in [0.2, 0.25) is 0 Å². The van der Waals surface area contributed by atoms with Crippen molar-refractivity contribution in [2.75, 3.05) is 19.6 Å². The highest BCUT2D eigenvalue weighted by Gasteiger charge is 2.31. The molecule has 2 fully saturated rings. The lowest BCUT2D eigenvalue weighted by atomic mass is 10.1. The van der Waals surface area contributed by atoms with Crippen LogP contribution < -0.4 is 5.32 Å². The number of nitrogens with one attached hydrogen (secondary N) is 1. The van der Waals surface area contributed by atoms with Crippen LogP contribution in [0.5, 0.6) is 0 Å². The maximum absolute atomic E-state index is 3.85. The zero-order valence-electron chi connectivity index (χ0n) is 11.0. The molecule has 1 aliphatic heterocycles. The van der Waals surface area contributed by atoms with Gasteiger partial charge in [-0.1, -0.05) is 20.3 Å². The maximum Gasteiger partial charge on any atom is 0.0221 e. The number of hydrogen-bond donors (Lipinski definition) is 1. The highest BCUT2D eigenvalue weighted by molar-refractivity contribution is 4.88. The van der Waals surface area contributed by atoms with Gasteiger partial charge in [0, 0.05) is 18.6 Å². The van der Waals surface area contributed by atoms with Crippen LogP contribution in [-0.2, 0) is 0 Å². The Morgan fingerprint density at radius 2 is 2.06 bits per heavy atom. The van der Waals surface area contributed by atoms with Crippen molar-refractivity contribution < 1.29 is 0 Å². The van der Waals surface area contributed by atoms with E-state index in [2.05, 4.69) is 24.1 Å². The van der Waals surface area contributed by atoms with Gasteiger partial charge < -0.3 is 5.32 Å². The third-order valence-electron chi connectivity index (χ3n) is 4.31. The monoisotopic (exact) mass is 224 g/mol. The van der Waals surface area contributed by atoms with Crippen LogP contribution in [0.3, 0.4) is 0 Å². The quantitative estimate of drug-likeness (QED) is 0.715. The summed E-state index contributed by atoms with van der Waals surface area (Å²) in [6.07, 6.45) is 8.46. The van der Waals surface area contributed by atoms with E-state index in [1.165, 1.54) is 58.2 Å². The van der Waals surface area contributed by atoms with Crippen molar-refractivity contribution in [2.45, 2.75) is 64.5 Å². The number of likely N-dealkylation sites (tertiary alicyclic amines) is 1. The predicted molar refractivity (Wildman–Crippen MR) is 69.7 cm³/mol. The van der Waals surface area contributed by atoms with Crippen molar-refractivity contribution in [3.05, 3.63) is 0 Å². The van der Waals surface area contributed by atoms with Crippen molar-refractivity contribution in [3.8, 4) is 0 Å². The third-order valence-corrected chi connectivity index (χ3v) is 4.31. The molecule has 2 unspecified atom stereocenters. The van der Waals surface area contributed by atoms with Crippen molar-refractivity contribution in [2.24, 2.45) is 5.92 Å². The zero-order chi connectivity index (χ0) is 11.4. The molecule has 0 aromatic carbocycles. The van der Waals surface area contributed by atoms with Gasteiger partial charge in [0.15, 0.2) is 0 Å². The third kappa shape index (κ3) is 3.21. The van der Waals surface area contributed by atoms with E-state index < -0.39 is 0 Å². The van der Waals surface area contributed by atoms with E-state index >= 15 is 0 Å². The molecule has 0 aromatic rings. The van der Waals surface area contributed by atoms with Crippen LogP contribution in [0.1, 0.15) is 52.4 Å². The second-order valence-corrected chi connectivity index (χ2v) is 5.57. The molecule has 2 rings (SSSR count). The molecule has 0 aromatic heterocycles. The summed E-state index contributed by atoms with van der Waals surface area (Å²) in [5.41, 5.74) is 0. The fourth-order valence-electron chi connectivity index (χ4n) is 3.14. The highest BCUT2D eigenvalue weighted by atomic mass is 15.2. The van der Waals surface area contributed by atoms with Crippen molar-refractivity contribution in [3.63, 3.8) is 0 Å². The van der Waals surface area contributed by atoms with E-state index in [1.807, 2.05) is 0 Å². The second-order valence-electron chi connectivity index (χ2n) is 5.57. The number of likely N-dealkylation sites (N-methyl/N-ethyl adjacent to an activating group) is 1. The van der Waals surface area contributed by atoms with Gasteiger partial charge in [-0.15, -0.1) is 0 Å². The summed E-state index contributed by atoms with van der Waals surface area (Å²) in [6.45, 7) is 8.39. The summed E-state index contributed by atoms with van der Waals surface area (Å²) in [5, 5.41) is 3.85. The topological polar surface area (TPSA) is 15.3 Å². The SMILES string of the molecule is CCCC(NCC1CCCN1CC)C1CC1. The van der Waals surface area contributed by atoms with Gasteiger partial charge in [-0.2, -0.15) is 0 Å². The molecule has 0 amide bonds. The first-order valence-corrected chi connectivity index (χ1v) is 7.32. The summed E-state index contributed by atoms with van der Waals surface area (Å²) in [7, 11) is 0. The first kappa shape index (κ1) is 12.4. The Hall–Kier alpha value is -0.0800. The van der Waals surface area contributed by atoms with E-state index in [-0.39, 0.29) is 0 Å². The molecule has 2 aliphatic rings. The van der Waals surface area contributed by atoms with Crippen molar-refractivity contribution in [1.29, 1.82) is 0 Å². The Morgan fingerprint density at radius 1 is 1.25 bits per heavy atom. The second kappa shape index (κ2) is 6.02. The fraction of sp³-hybridized carbons (Fsp3) is 1.00. The molecule has 2 atom stereocenters. The van der Waals surface area contributed by atoms with Crippen LogP contribution in [-0.4, -0.2) is 36.6 Å². The van der Waals surface area contributed by atoms with E-state index in [0.717, 1.165) is 18.0 Å². The smallest absolute Gasteiger partial charge is 0.0221 e. The summed E-state index contributed by atoms with van der Waals surface area (Å²) in [6, 6.07) is 1.65. The first-order valence-electron chi connectivity index (χ1n) is 7.32. The minimum Gasteiger partial charge on any atom is -0.312 e. The van der Waals surface area contributed by atoms with E-state index in [4.69, 9.17) is 0 Å². The average Bonchev–Trinajstić information content (AvgIpc) is 3.03. The van der Waals surface area contributed by atoms with Crippen LogP contribution in [0, 0.1) is 5.92 Å². The van der Waals surface area contributed by atoms with Gasteiger partial charge in [0.1, 0.15) is 0 Å². The average molecular weight is 224 g/mol. The van der Waals surface area contributed by atoms with E-state index in [1.54, 1.807) is 0 Å². The number of rotatable bonds is 7. The lowest BCUT2D eigenvalue weighted by molar-refractivity contribution is 0.248. The molecular weight excluding hydrogens is 196 g/mol. The molecule has 2 heteroatoms. The Morgan fingerprint density at radius 3 is 2.69 bits per heavy atom. The maximum atomic E-state index is 3.85. The molecule has 1 saturated carbocycles. The van der Waals surface area contributed by atoms with Gasteiger partial charge in [0.25, 0.3) is 0 Å². The Balaban J connectivity index is 1.71. The zero-order valence-corrected chi connectivity index (χ0v) is 11.0. The van der Waals surface area contributed by atoms with Crippen LogP contribution in [0.4, 0.5) is 0 Å². The lowest BCUT2D eigenvalue weighted by Crippen LogP contribution is -2.42. The summed E-state index contributed by atoms with van der Waals surface area (Å²) < 4.78 is 0. The number of nitrogens with zero attached hydrogens (tertiary/aromatic N) is 1. The normalized spacial score (nSPS) is 28.5. The van der Waals surface area contributed by atoms with Crippen molar-refractivity contribution in [1.82, 2.24) is 10.2 Å². The molecule has 1 saturated heterocycles. The van der Waals surface area contributed by atoms with Crippen LogP contribution in [0.2, 0.25) is 0 Å². The number of hydrogen-bond acceptors (Lipinski definition) is 2. The Bertz CT molecular complexity index is 199. The minimum absolute atomic E-state index is 0.822. The summed E-state index contributed by atoms with van der Waals surface area (Å²) >= 11 is 0. The predicted octanol–water partition coefficient (Wildman–Crippen LogP) is 2.64. The molecule has 0 bridgehead atoms. The largest absolute Gasteiger partial charge is 0.312 e. The molecule has 1 N–H and O–H groups in total. The van der Waals surface area contributed by atoms with Crippen LogP contribution in [0.15, 0.2) is 0 Å². The summed E-state index contributed by atoms with van der Waals surface area (Å²) in [4.78, 5) is 2.64. The Kier molecular flexibility index (Phi) is 4.66. The van der Waals surface area contributed by atoms with Crippen molar-refractivity contribution >= 4 is 0 Å².